The van der Waals surface area contributed by atoms with Crippen molar-refractivity contribution in [1.82, 2.24) is 0 Å². The average molecular weight is 205 g/mol. The quantitative estimate of drug-likeness (QED) is 0.561. The van der Waals surface area contributed by atoms with Crippen molar-refractivity contribution in [2.75, 3.05) is 0 Å². The van der Waals surface area contributed by atoms with Crippen LogP contribution in [0.5, 0.6) is 0 Å². The number of rotatable bonds is 3. The lowest BCUT2D eigenvalue weighted by molar-refractivity contribution is -0.425. The third-order valence-corrected chi connectivity index (χ3v) is 2.17. The van der Waals surface area contributed by atoms with E-state index in [-0.39, 0.29) is 10.6 Å². The Kier molecular flexibility index (Phi) is 3.61. The van der Waals surface area contributed by atoms with Gasteiger partial charge in [0.1, 0.15) is 0 Å². The van der Waals surface area contributed by atoms with Crippen molar-refractivity contribution in [3.05, 3.63) is 50.7 Å². The predicted octanol–water partition coefficient (Wildman–Crippen LogP) is 3.33. The van der Waals surface area contributed by atoms with Crippen LogP contribution in [0.1, 0.15) is 30.0 Å². The molecule has 0 N–H and O–H groups in total. The number of hydrogen-bond donors (Lipinski definition) is 0. The summed E-state index contributed by atoms with van der Waals surface area (Å²) in [6, 6.07) is 5.95. The Morgan fingerprint density at radius 3 is 2.27 bits per heavy atom. The Labute approximate surface area is 89.6 Å². The van der Waals surface area contributed by atoms with Gasteiger partial charge in [-0.05, 0) is 19.4 Å². The van der Waals surface area contributed by atoms with E-state index in [1.807, 2.05) is 26.0 Å². The van der Waals surface area contributed by atoms with Crippen LogP contribution in [0.3, 0.4) is 0 Å². The van der Waals surface area contributed by atoms with Crippen molar-refractivity contribution < 1.29 is 4.92 Å². The lowest BCUT2D eigenvalue weighted by atomic mass is 10.1. The molecule has 0 fully saturated rings. The normalized spacial score (nSPS) is 11.5. The average Bonchev–Trinajstić information content (AvgIpc) is 2.12. The second kappa shape index (κ2) is 4.73. The smallest absolute Gasteiger partial charge is 0.246 e. The molecule has 3 heteroatoms. The van der Waals surface area contributed by atoms with E-state index in [1.54, 1.807) is 13.0 Å². The first-order valence-corrected chi connectivity index (χ1v) is 4.96. The first-order chi connectivity index (χ1) is 7.02. The minimum absolute atomic E-state index is 0.250. The molecule has 0 aliphatic rings. The Balaban J connectivity index is 3.11. The van der Waals surface area contributed by atoms with E-state index in [0.29, 0.717) is 6.42 Å². The molecule has 0 saturated carbocycles. The van der Waals surface area contributed by atoms with Crippen molar-refractivity contribution >= 4 is 6.08 Å². The number of nitro groups is 1. The molecular weight excluding hydrogens is 190 g/mol. The zero-order valence-electron chi connectivity index (χ0n) is 9.28. The van der Waals surface area contributed by atoms with Crippen molar-refractivity contribution in [2.24, 2.45) is 0 Å². The minimum Gasteiger partial charge on any atom is -0.259 e. The Bertz CT molecular complexity index is 388. The van der Waals surface area contributed by atoms with Crippen LogP contribution in [0, 0.1) is 24.0 Å². The Morgan fingerprint density at radius 1 is 1.33 bits per heavy atom. The molecule has 1 aromatic carbocycles. The number of aryl methyl sites for hydroxylation is 2. The molecule has 0 saturated heterocycles. The molecule has 0 atom stereocenters. The van der Waals surface area contributed by atoms with Gasteiger partial charge in [0.25, 0.3) is 0 Å². The van der Waals surface area contributed by atoms with Crippen LogP contribution in [-0.2, 0) is 0 Å². The fraction of sp³-hybridized carbons (Fsp3) is 0.333. The van der Waals surface area contributed by atoms with Crippen LogP contribution >= 0.6 is 0 Å². The van der Waals surface area contributed by atoms with Gasteiger partial charge in [-0.25, -0.2) is 0 Å². The maximum Gasteiger partial charge on any atom is 0.246 e. The summed E-state index contributed by atoms with van der Waals surface area (Å²) >= 11 is 0. The fourth-order valence-corrected chi connectivity index (χ4v) is 1.57. The molecule has 0 aromatic heterocycles. The lowest BCUT2D eigenvalue weighted by Gasteiger charge is -2.00. The molecule has 0 aliphatic carbocycles. The van der Waals surface area contributed by atoms with Crippen LogP contribution in [0.2, 0.25) is 0 Å². The summed E-state index contributed by atoms with van der Waals surface area (Å²) in [5.41, 5.74) is 3.40. The minimum atomic E-state index is -0.322. The summed E-state index contributed by atoms with van der Waals surface area (Å²) in [5.74, 6) is 0. The highest BCUT2D eigenvalue weighted by Gasteiger charge is 2.07. The summed E-state index contributed by atoms with van der Waals surface area (Å²) in [4.78, 5) is 10.3. The van der Waals surface area contributed by atoms with Gasteiger partial charge < -0.3 is 0 Å². The van der Waals surface area contributed by atoms with Gasteiger partial charge in [-0.1, -0.05) is 36.2 Å². The van der Waals surface area contributed by atoms with Gasteiger partial charge in [0.2, 0.25) is 5.70 Å². The van der Waals surface area contributed by atoms with Gasteiger partial charge in [-0.3, -0.25) is 10.1 Å². The largest absolute Gasteiger partial charge is 0.259 e. The van der Waals surface area contributed by atoms with Gasteiger partial charge in [0.15, 0.2) is 0 Å². The summed E-state index contributed by atoms with van der Waals surface area (Å²) < 4.78 is 0. The third-order valence-electron chi connectivity index (χ3n) is 2.17. The van der Waals surface area contributed by atoms with Gasteiger partial charge in [-0.15, -0.1) is 0 Å². The first kappa shape index (κ1) is 11.4. The second-order valence-electron chi connectivity index (χ2n) is 3.67. The van der Waals surface area contributed by atoms with Crippen LogP contribution in [0.15, 0.2) is 23.9 Å². The van der Waals surface area contributed by atoms with Crippen molar-refractivity contribution in [3.63, 3.8) is 0 Å². The molecule has 1 aromatic rings. The molecule has 3 nitrogen and oxygen atoms in total. The van der Waals surface area contributed by atoms with Crippen LogP contribution in [0.4, 0.5) is 0 Å². The topological polar surface area (TPSA) is 43.1 Å². The predicted molar refractivity (Wildman–Crippen MR) is 61.2 cm³/mol. The zero-order chi connectivity index (χ0) is 11.4. The van der Waals surface area contributed by atoms with Gasteiger partial charge in [0, 0.05) is 12.5 Å². The Morgan fingerprint density at radius 2 is 1.87 bits per heavy atom. The summed E-state index contributed by atoms with van der Waals surface area (Å²) in [5, 5.41) is 10.6. The van der Waals surface area contributed by atoms with E-state index in [0.717, 1.165) is 16.7 Å². The number of allylic oxidation sites excluding steroid dienone is 1. The van der Waals surface area contributed by atoms with E-state index >= 15 is 0 Å². The van der Waals surface area contributed by atoms with Crippen LogP contribution in [0.25, 0.3) is 6.08 Å². The molecule has 0 amide bonds. The van der Waals surface area contributed by atoms with Gasteiger partial charge in [0.05, 0.1) is 4.92 Å². The summed E-state index contributed by atoms with van der Waals surface area (Å²) in [6.07, 6.45) is 2.08. The van der Waals surface area contributed by atoms with Crippen molar-refractivity contribution in [2.45, 2.75) is 27.2 Å². The molecular formula is C12H15NO2. The molecule has 0 aliphatic heterocycles. The molecule has 15 heavy (non-hydrogen) atoms. The highest BCUT2D eigenvalue weighted by Crippen LogP contribution is 2.14. The van der Waals surface area contributed by atoms with E-state index in [2.05, 4.69) is 6.07 Å². The maximum atomic E-state index is 10.6. The Hall–Kier alpha value is -1.64. The van der Waals surface area contributed by atoms with E-state index < -0.39 is 0 Å². The highest BCUT2D eigenvalue weighted by atomic mass is 16.6. The van der Waals surface area contributed by atoms with E-state index in [1.165, 1.54) is 0 Å². The fourth-order valence-electron chi connectivity index (χ4n) is 1.57. The van der Waals surface area contributed by atoms with Gasteiger partial charge >= 0.3 is 0 Å². The first-order valence-electron chi connectivity index (χ1n) is 4.96. The molecule has 0 radical (unpaired) electrons. The SMILES string of the molecule is CC/C(=C/c1cc(C)cc(C)c1)[N+](=O)[O-]. The number of benzene rings is 1. The standard InChI is InChI=1S/C12H15NO2/c1-4-12(13(14)15)8-11-6-9(2)5-10(3)7-11/h5-8H,4H2,1-3H3/b12-8-. The molecule has 80 valence electrons. The molecule has 0 bridgehead atoms. The van der Waals surface area contributed by atoms with Gasteiger partial charge in [-0.2, -0.15) is 0 Å². The van der Waals surface area contributed by atoms with Crippen molar-refractivity contribution in [1.29, 1.82) is 0 Å². The third kappa shape index (κ3) is 3.20. The lowest BCUT2D eigenvalue weighted by Crippen LogP contribution is -1.96. The summed E-state index contributed by atoms with van der Waals surface area (Å²) in [6.45, 7) is 5.77. The molecule has 1 rings (SSSR count). The highest BCUT2D eigenvalue weighted by molar-refractivity contribution is 5.53. The second-order valence-corrected chi connectivity index (χ2v) is 3.67. The molecule has 0 unspecified atom stereocenters. The maximum absolute atomic E-state index is 10.6. The molecule has 0 heterocycles. The van der Waals surface area contributed by atoms with Crippen molar-refractivity contribution in [3.8, 4) is 0 Å². The zero-order valence-corrected chi connectivity index (χ0v) is 9.28. The van der Waals surface area contributed by atoms with Crippen LogP contribution in [-0.4, -0.2) is 4.92 Å². The van der Waals surface area contributed by atoms with E-state index in [4.69, 9.17) is 0 Å². The molecule has 0 spiro atoms. The van der Waals surface area contributed by atoms with Crippen LogP contribution < -0.4 is 0 Å². The van der Waals surface area contributed by atoms with E-state index in [9.17, 15) is 10.1 Å². The number of hydrogen-bond acceptors (Lipinski definition) is 2. The summed E-state index contributed by atoms with van der Waals surface area (Å²) in [7, 11) is 0. The monoisotopic (exact) mass is 205 g/mol. The number of nitrogens with zero attached hydrogens (tertiary/aromatic N) is 1.